The third-order valence-electron chi connectivity index (χ3n) is 3.54. The van der Waals surface area contributed by atoms with E-state index in [2.05, 4.69) is 15.9 Å². The molecule has 0 aromatic heterocycles. The van der Waals surface area contributed by atoms with E-state index in [-0.39, 0.29) is 6.04 Å². The summed E-state index contributed by atoms with van der Waals surface area (Å²) in [6, 6.07) is 16.8. The average Bonchev–Trinajstić information content (AvgIpc) is 3.30. The van der Waals surface area contributed by atoms with Gasteiger partial charge in [0.1, 0.15) is 0 Å². The molecule has 1 saturated carbocycles. The first kappa shape index (κ1) is 14.8. The molecule has 5 heteroatoms. The van der Waals surface area contributed by atoms with Crippen molar-refractivity contribution in [2.75, 3.05) is 0 Å². The number of benzene rings is 2. The predicted octanol–water partition coefficient (Wildman–Crippen LogP) is 3.80. The molecular formula is C16H16BrNO2S. The molecule has 2 aromatic rings. The Labute approximate surface area is 133 Å². The van der Waals surface area contributed by atoms with Gasteiger partial charge in [0.15, 0.2) is 0 Å². The zero-order valence-corrected chi connectivity index (χ0v) is 13.8. The van der Waals surface area contributed by atoms with Gasteiger partial charge in [0.05, 0.1) is 4.90 Å². The van der Waals surface area contributed by atoms with E-state index in [9.17, 15) is 8.42 Å². The normalized spacial score (nSPS) is 15.3. The van der Waals surface area contributed by atoms with E-state index < -0.39 is 10.0 Å². The molecule has 0 N–H and O–H groups in total. The van der Waals surface area contributed by atoms with Crippen LogP contribution in [0.4, 0.5) is 0 Å². The van der Waals surface area contributed by atoms with Crippen molar-refractivity contribution in [2.45, 2.75) is 30.3 Å². The van der Waals surface area contributed by atoms with Gasteiger partial charge in [-0.3, -0.25) is 0 Å². The highest BCUT2D eigenvalue weighted by molar-refractivity contribution is 9.10. The largest absolute Gasteiger partial charge is 0.243 e. The second-order valence-electron chi connectivity index (χ2n) is 5.22. The fourth-order valence-corrected chi connectivity index (χ4v) is 4.57. The fourth-order valence-electron chi connectivity index (χ4n) is 2.30. The van der Waals surface area contributed by atoms with Crippen LogP contribution in [-0.4, -0.2) is 18.8 Å². The maximum atomic E-state index is 12.9. The van der Waals surface area contributed by atoms with Gasteiger partial charge in [-0.25, -0.2) is 8.42 Å². The summed E-state index contributed by atoms with van der Waals surface area (Å²) in [5.74, 6) is 0. The molecule has 3 rings (SSSR count). The third kappa shape index (κ3) is 3.36. The molecule has 21 heavy (non-hydrogen) atoms. The first-order chi connectivity index (χ1) is 10.1. The summed E-state index contributed by atoms with van der Waals surface area (Å²) in [6.45, 7) is 0.431. The van der Waals surface area contributed by atoms with Crippen LogP contribution in [0.2, 0.25) is 0 Å². The van der Waals surface area contributed by atoms with Gasteiger partial charge in [0.2, 0.25) is 10.0 Å². The van der Waals surface area contributed by atoms with E-state index in [1.54, 1.807) is 22.5 Å². The van der Waals surface area contributed by atoms with E-state index in [1.807, 2.05) is 36.4 Å². The van der Waals surface area contributed by atoms with Crippen LogP contribution in [0.3, 0.4) is 0 Å². The zero-order chi connectivity index (χ0) is 14.9. The van der Waals surface area contributed by atoms with Gasteiger partial charge in [-0.05, 0) is 36.6 Å². The van der Waals surface area contributed by atoms with Gasteiger partial charge in [-0.15, -0.1) is 0 Å². The van der Waals surface area contributed by atoms with Gasteiger partial charge in [-0.1, -0.05) is 52.3 Å². The molecule has 0 unspecified atom stereocenters. The molecule has 0 saturated heterocycles. The number of rotatable bonds is 5. The maximum absolute atomic E-state index is 12.9. The zero-order valence-electron chi connectivity index (χ0n) is 11.4. The van der Waals surface area contributed by atoms with E-state index >= 15 is 0 Å². The van der Waals surface area contributed by atoms with Crippen molar-refractivity contribution in [1.29, 1.82) is 0 Å². The highest BCUT2D eigenvalue weighted by Crippen LogP contribution is 2.34. The van der Waals surface area contributed by atoms with Crippen LogP contribution in [0.15, 0.2) is 64.0 Å². The fraction of sp³-hybridized carbons (Fsp3) is 0.250. The first-order valence-corrected chi connectivity index (χ1v) is 9.12. The number of hydrogen-bond donors (Lipinski definition) is 0. The summed E-state index contributed by atoms with van der Waals surface area (Å²) in [5, 5.41) is 0. The monoisotopic (exact) mass is 365 g/mol. The minimum Gasteiger partial charge on any atom is -0.207 e. The second-order valence-corrected chi connectivity index (χ2v) is 8.03. The lowest BCUT2D eigenvalue weighted by molar-refractivity contribution is 0.398. The SMILES string of the molecule is O=S(=O)(c1cccc(Br)c1)N(Cc1ccccc1)C1CC1. The summed E-state index contributed by atoms with van der Waals surface area (Å²) in [7, 11) is -3.46. The molecule has 0 heterocycles. The minimum absolute atomic E-state index is 0.134. The van der Waals surface area contributed by atoms with Crippen LogP contribution in [0.1, 0.15) is 18.4 Å². The van der Waals surface area contributed by atoms with Crippen molar-refractivity contribution >= 4 is 26.0 Å². The lowest BCUT2D eigenvalue weighted by Gasteiger charge is -2.22. The Balaban J connectivity index is 1.93. The summed E-state index contributed by atoms with van der Waals surface area (Å²) >= 11 is 3.34. The number of hydrogen-bond acceptors (Lipinski definition) is 2. The van der Waals surface area contributed by atoms with Crippen LogP contribution in [-0.2, 0) is 16.6 Å². The Morgan fingerprint density at radius 3 is 2.38 bits per heavy atom. The van der Waals surface area contributed by atoms with Crippen LogP contribution in [0.5, 0.6) is 0 Å². The van der Waals surface area contributed by atoms with Crippen LogP contribution in [0, 0.1) is 0 Å². The molecule has 0 aliphatic heterocycles. The molecule has 1 aliphatic rings. The van der Waals surface area contributed by atoms with E-state index in [4.69, 9.17) is 0 Å². The van der Waals surface area contributed by atoms with Crippen molar-refractivity contribution in [3.63, 3.8) is 0 Å². The molecule has 0 radical (unpaired) electrons. The van der Waals surface area contributed by atoms with Gasteiger partial charge in [0, 0.05) is 17.1 Å². The molecule has 1 fully saturated rings. The van der Waals surface area contributed by atoms with E-state index in [0.29, 0.717) is 11.4 Å². The Morgan fingerprint density at radius 2 is 1.76 bits per heavy atom. The quantitative estimate of drug-likeness (QED) is 0.807. The van der Waals surface area contributed by atoms with Crippen molar-refractivity contribution in [1.82, 2.24) is 4.31 Å². The van der Waals surface area contributed by atoms with Crippen LogP contribution < -0.4 is 0 Å². The molecule has 1 aliphatic carbocycles. The summed E-state index contributed by atoms with van der Waals surface area (Å²) < 4.78 is 28.2. The molecule has 110 valence electrons. The minimum atomic E-state index is -3.46. The Bertz CT molecular complexity index is 727. The highest BCUT2D eigenvalue weighted by atomic mass is 79.9. The van der Waals surface area contributed by atoms with Gasteiger partial charge in [0.25, 0.3) is 0 Å². The average molecular weight is 366 g/mol. The number of sulfonamides is 1. The predicted molar refractivity (Wildman–Crippen MR) is 86.3 cm³/mol. The summed E-state index contributed by atoms with van der Waals surface area (Å²) in [6.07, 6.45) is 1.89. The van der Waals surface area contributed by atoms with Gasteiger partial charge >= 0.3 is 0 Å². The highest BCUT2D eigenvalue weighted by Gasteiger charge is 2.38. The van der Waals surface area contributed by atoms with Crippen molar-refractivity contribution in [3.05, 3.63) is 64.6 Å². The van der Waals surface area contributed by atoms with Crippen molar-refractivity contribution in [3.8, 4) is 0 Å². The third-order valence-corrected chi connectivity index (χ3v) is 5.93. The summed E-state index contributed by atoms with van der Waals surface area (Å²) in [5.41, 5.74) is 1.02. The van der Waals surface area contributed by atoms with Crippen LogP contribution >= 0.6 is 15.9 Å². The Hall–Kier alpha value is -1.17. The lowest BCUT2D eigenvalue weighted by atomic mass is 10.2. The van der Waals surface area contributed by atoms with Gasteiger partial charge < -0.3 is 0 Å². The van der Waals surface area contributed by atoms with Crippen LogP contribution in [0.25, 0.3) is 0 Å². The molecule has 0 bridgehead atoms. The van der Waals surface area contributed by atoms with Gasteiger partial charge in [-0.2, -0.15) is 4.31 Å². The molecule has 2 aromatic carbocycles. The number of halogens is 1. The maximum Gasteiger partial charge on any atom is 0.243 e. The van der Waals surface area contributed by atoms with Crippen molar-refractivity contribution < 1.29 is 8.42 Å². The molecule has 0 amide bonds. The smallest absolute Gasteiger partial charge is 0.207 e. The standard InChI is InChI=1S/C16H16BrNO2S/c17-14-7-4-8-16(11-14)21(19,20)18(15-9-10-15)12-13-5-2-1-3-6-13/h1-8,11,15H,9-10,12H2. The number of nitrogens with zero attached hydrogens (tertiary/aromatic N) is 1. The molecule has 3 nitrogen and oxygen atoms in total. The second kappa shape index (κ2) is 5.91. The topological polar surface area (TPSA) is 37.4 Å². The van der Waals surface area contributed by atoms with E-state index in [1.165, 1.54) is 0 Å². The summed E-state index contributed by atoms with van der Waals surface area (Å²) in [4.78, 5) is 0.347. The van der Waals surface area contributed by atoms with E-state index in [0.717, 1.165) is 22.9 Å². The molecule has 0 atom stereocenters. The molecular weight excluding hydrogens is 350 g/mol. The first-order valence-electron chi connectivity index (χ1n) is 6.89. The van der Waals surface area contributed by atoms with Crippen molar-refractivity contribution in [2.24, 2.45) is 0 Å². The lowest BCUT2D eigenvalue weighted by Crippen LogP contribution is -2.32. The Kier molecular flexibility index (Phi) is 4.15. The Morgan fingerprint density at radius 1 is 1.05 bits per heavy atom. The molecule has 0 spiro atoms.